The summed E-state index contributed by atoms with van der Waals surface area (Å²) in [6, 6.07) is 9.45. The lowest BCUT2D eigenvalue weighted by molar-refractivity contribution is 0.122. The number of hydrogen-bond donors (Lipinski definition) is 3. The van der Waals surface area contributed by atoms with Gasteiger partial charge in [0, 0.05) is 41.7 Å². The lowest BCUT2D eigenvalue weighted by Crippen LogP contribution is -2.36. The number of allylic oxidation sites excluding steroid dienone is 5. The third kappa shape index (κ3) is 3.65. The number of anilines is 2. The molecule has 1 aliphatic carbocycles. The summed E-state index contributed by atoms with van der Waals surface area (Å²) in [5.41, 5.74) is 9.49. The fourth-order valence-electron chi connectivity index (χ4n) is 3.24. The van der Waals surface area contributed by atoms with E-state index < -0.39 is 0 Å². The Morgan fingerprint density at radius 3 is 2.57 bits per heavy atom. The molecule has 2 aliphatic rings. The van der Waals surface area contributed by atoms with Gasteiger partial charge < -0.3 is 25.9 Å². The molecule has 0 atom stereocenters. The van der Waals surface area contributed by atoms with Crippen molar-refractivity contribution < 1.29 is 9.84 Å². The second-order valence-corrected chi connectivity index (χ2v) is 6.56. The number of hydrogen-bond acceptors (Lipinski definition) is 7. The molecule has 0 saturated carbocycles. The molecule has 1 aromatic heterocycles. The molecule has 4 rings (SSSR count). The number of aliphatic hydroxyl groups excluding tert-OH is 1. The van der Waals surface area contributed by atoms with Crippen molar-refractivity contribution in [2.45, 2.75) is 0 Å². The second kappa shape index (κ2) is 7.66. The molecule has 1 fully saturated rings. The van der Waals surface area contributed by atoms with E-state index in [1.54, 1.807) is 30.5 Å². The molecule has 0 radical (unpaired) electrons. The molecule has 28 heavy (non-hydrogen) atoms. The monoisotopic (exact) mass is 375 g/mol. The summed E-state index contributed by atoms with van der Waals surface area (Å²) in [5.74, 6) is 0.239. The zero-order valence-corrected chi connectivity index (χ0v) is 15.3. The van der Waals surface area contributed by atoms with Crippen LogP contribution in [-0.4, -0.2) is 47.1 Å². The molecule has 7 nitrogen and oxygen atoms in total. The van der Waals surface area contributed by atoms with E-state index in [0.717, 1.165) is 37.6 Å². The molecular weight excluding hydrogens is 354 g/mol. The van der Waals surface area contributed by atoms with Crippen molar-refractivity contribution in [3.05, 3.63) is 71.6 Å². The molecular formula is C21H21N5O2. The summed E-state index contributed by atoms with van der Waals surface area (Å²) >= 11 is 0. The predicted octanol–water partition coefficient (Wildman–Crippen LogP) is 2.84. The van der Waals surface area contributed by atoms with E-state index in [4.69, 9.17) is 15.9 Å². The van der Waals surface area contributed by atoms with Gasteiger partial charge in [-0.1, -0.05) is 6.08 Å². The van der Waals surface area contributed by atoms with E-state index >= 15 is 0 Å². The number of rotatable bonds is 3. The van der Waals surface area contributed by atoms with Gasteiger partial charge in [0.1, 0.15) is 5.76 Å². The molecule has 142 valence electrons. The van der Waals surface area contributed by atoms with Crippen LogP contribution in [0, 0.1) is 5.41 Å². The first-order valence-corrected chi connectivity index (χ1v) is 9.06. The minimum absolute atomic E-state index is 0.0578. The van der Waals surface area contributed by atoms with E-state index in [2.05, 4.69) is 14.9 Å². The summed E-state index contributed by atoms with van der Waals surface area (Å²) in [6.07, 6.45) is 6.75. The highest BCUT2D eigenvalue weighted by Crippen LogP contribution is 2.28. The third-order valence-electron chi connectivity index (χ3n) is 4.76. The Hall–Kier alpha value is -3.45. The topological polar surface area (TPSA) is 108 Å². The Morgan fingerprint density at radius 2 is 1.86 bits per heavy atom. The zero-order chi connectivity index (χ0) is 19.5. The number of nitrogens with two attached hydrogens (primary N) is 1. The largest absolute Gasteiger partial charge is 0.507 e. The van der Waals surface area contributed by atoms with Crippen LogP contribution in [0.4, 0.5) is 11.6 Å². The van der Waals surface area contributed by atoms with E-state index in [1.807, 2.05) is 24.3 Å². The number of nitrogen functional groups attached to an aromatic ring is 1. The zero-order valence-electron chi connectivity index (χ0n) is 15.3. The summed E-state index contributed by atoms with van der Waals surface area (Å²) < 4.78 is 5.39. The second-order valence-electron chi connectivity index (χ2n) is 6.56. The molecule has 1 aromatic carbocycles. The van der Waals surface area contributed by atoms with Crippen molar-refractivity contribution >= 4 is 28.7 Å². The first kappa shape index (κ1) is 17.9. The Kier molecular flexibility index (Phi) is 4.90. The Labute approximate surface area is 163 Å². The number of ether oxygens (including phenoxy) is 1. The third-order valence-corrected chi connectivity index (χ3v) is 4.76. The molecule has 1 aliphatic heterocycles. The first-order chi connectivity index (χ1) is 13.6. The van der Waals surface area contributed by atoms with Crippen molar-refractivity contribution in [3.63, 3.8) is 0 Å². The van der Waals surface area contributed by atoms with Gasteiger partial charge in [-0.3, -0.25) is 0 Å². The number of morpholine rings is 1. The van der Waals surface area contributed by atoms with Crippen LogP contribution >= 0.6 is 0 Å². The van der Waals surface area contributed by atoms with Gasteiger partial charge in [-0.15, -0.1) is 0 Å². The number of aliphatic hydroxyl groups is 1. The maximum Gasteiger partial charge on any atom is 0.220 e. The maximum atomic E-state index is 10.8. The van der Waals surface area contributed by atoms with Crippen LogP contribution in [0.1, 0.15) is 11.3 Å². The lowest BCUT2D eigenvalue weighted by atomic mass is 9.95. The van der Waals surface area contributed by atoms with Crippen molar-refractivity contribution in [3.8, 4) is 0 Å². The lowest BCUT2D eigenvalue weighted by Gasteiger charge is -2.28. The Morgan fingerprint density at radius 1 is 1.11 bits per heavy atom. The van der Waals surface area contributed by atoms with Crippen molar-refractivity contribution in [1.29, 1.82) is 5.41 Å². The van der Waals surface area contributed by atoms with E-state index in [9.17, 15) is 5.11 Å². The van der Waals surface area contributed by atoms with Crippen LogP contribution in [0.15, 0.2) is 60.3 Å². The molecule has 0 unspecified atom stereocenters. The fraction of sp³-hybridized carbons (Fsp3) is 0.190. The van der Waals surface area contributed by atoms with Gasteiger partial charge in [0.2, 0.25) is 5.95 Å². The van der Waals surface area contributed by atoms with Gasteiger partial charge >= 0.3 is 0 Å². The number of benzene rings is 1. The maximum absolute atomic E-state index is 10.8. The fourth-order valence-corrected chi connectivity index (χ4v) is 3.24. The number of nitrogens with one attached hydrogen (secondary N) is 1. The van der Waals surface area contributed by atoms with Crippen LogP contribution in [0.5, 0.6) is 0 Å². The summed E-state index contributed by atoms with van der Waals surface area (Å²) in [5, 5.41) is 19.0. The molecule has 7 heteroatoms. The Balaban J connectivity index is 1.64. The van der Waals surface area contributed by atoms with Gasteiger partial charge in [-0.2, -0.15) is 0 Å². The van der Waals surface area contributed by atoms with Crippen LogP contribution in [0.3, 0.4) is 0 Å². The molecule has 0 spiro atoms. The van der Waals surface area contributed by atoms with Gasteiger partial charge in [0.05, 0.1) is 24.6 Å². The smallest absolute Gasteiger partial charge is 0.220 e. The van der Waals surface area contributed by atoms with E-state index in [-0.39, 0.29) is 17.4 Å². The Bertz CT molecular complexity index is 986. The van der Waals surface area contributed by atoms with E-state index in [0.29, 0.717) is 16.8 Å². The highest BCUT2D eigenvalue weighted by Gasteiger charge is 2.17. The highest BCUT2D eigenvalue weighted by molar-refractivity contribution is 6.16. The van der Waals surface area contributed by atoms with Crippen LogP contribution in [0.25, 0.3) is 11.3 Å². The van der Waals surface area contributed by atoms with Gasteiger partial charge in [0.25, 0.3) is 0 Å². The minimum atomic E-state index is 0.0578. The summed E-state index contributed by atoms with van der Waals surface area (Å²) in [4.78, 5) is 10.4. The SMILES string of the molecule is N=C1C=CC(c2ccnc(N)n2)=C/C1=C(/O)c1ccc(N2CCOCC2)cc1. The average Bonchev–Trinajstić information content (AvgIpc) is 2.74. The summed E-state index contributed by atoms with van der Waals surface area (Å²) in [6.45, 7) is 3.16. The molecule has 0 bridgehead atoms. The quantitative estimate of drug-likeness (QED) is 0.712. The molecule has 1 saturated heterocycles. The summed E-state index contributed by atoms with van der Waals surface area (Å²) in [7, 11) is 0. The van der Waals surface area contributed by atoms with Crippen LogP contribution < -0.4 is 10.6 Å². The predicted molar refractivity (Wildman–Crippen MR) is 110 cm³/mol. The molecule has 4 N–H and O–H groups in total. The van der Waals surface area contributed by atoms with Crippen molar-refractivity contribution in [2.75, 3.05) is 36.9 Å². The molecule has 2 heterocycles. The normalized spacial score (nSPS) is 18.8. The molecule has 0 amide bonds. The van der Waals surface area contributed by atoms with Gasteiger partial charge in [0.15, 0.2) is 0 Å². The van der Waals surface area contributed by atoms with Crippen LogP contribution in [0.2, 0.25) is 0 Å². The molecule has 2 aromatic rings. The van der Waals surface area contributed by atoms with Crippen molar-refractivity contribution in [2.24, 2.45) is 0 Å². The number of aromatic nitrogens is 2. The number of nitrogens with zero attached hydrogens (tertiary/aromatic N) is 3. The average molecular weight is 375 g/mol. The van der Waals surface area contributed by atoms with Crippen LogP contribution in [-0.2, 0) is 4.74 Å². The van der Waals surface area contributed by atoms with Gasteiger partial charge in [-0.05, 0) is 42.5 Å². The van der Waals surface area contributed by atoms with E-state index in [1.165, 1.54) is 0 Å². The van der Waals surface area contributed by atoms with Gasteiger partial charge in [-0.25, -0.2) is 9.97 Å². The van der Waals surface area contributed by atoms with Crippen molar-refractivity contribution in [1.82, 2.24) is 9.97 Å². The minimum Gasteiger partial charge on any atom is -0.507 e. The highest BCUT2D eigenvalue weighted by atomic mass is 16.5. The first-order valence-electron chi connectivity index (χ1n) is 9.06. The standard InChI is InChI=1S/C21H21N5O2/c22-18-6-3-15(19-7-8-24-21(23)25-19)13-17(18)20(27)14-1-4-16(5-2-14)26-9-11-28-12-10-26/h1-8,13,22,27H,9-12H2,(H2,23,24,25)/b20-17-,22-18?.